The number of hydrogen-bond acceptors (Lipinski definition) is 1. The normalized spacial score (nSPS) is 9.88. The van der Waals surface area contributed by atoms with Crippen molar-refractivity contribution in [1.29, 1.82) is 0 Å². The summed E-state index contributed by atoms with van der Waals surface area (Å²) in [4.78, 5) is 9.88. The third kappa shape index (κ3) is 5.64. The number of carboxylic acid groups (broad SMARTS) is 1. The summed E-state index contributed by atoms with van der Waals surface area (Å²) >= 11 is 8.33. The van der Waals surface area contributed by atoms with Gasteiger partial charge in [0.25, 0.3) is 0 Å². The number of carbonyl (C=O) groups is 1. The van der Waals surface area contributed by atoms with E-state index < -0.39 is 8.11 Å². The summed E-state index contributed by atoms with van der Waals surface area (Å²) in [6, 6.07) is 0. The smallest absolute Gasteiger partial charge is 1.00 e. The zero-order chi connectivity index (χ0) is 6.08. The van der Waals surface area contributed by atoms with Gasteiger partial charge in [-0.05, 0) is 47.8 Å². The fraction of sp³-hybridized carbons (Fsp3) is 0.500. The number of alkyl halides is 3. The van der Waals surface area contributed by atoms with Gasteiger partial charge < -0.3 is 6.53 Å². The van der Waals surface area contributed by atoms with E-state index >= 15 is 0 Å². The van der Waals surface area contributed by atoms with E-state index in [1.165, 1.54) is 0 Å². The maximum atomic E-state index is 9.88. The first kappa shape index (κ1) is 12.2. The van der Waals surface area contributed by atoms with Crippen LogP contribution in [0.4, 0.5) is 0 Å². The Balaban J connectivity index is -0.000000180. The van der Waals surface area contributed by atoms with E-state index in [-0.39, 0.29) is 20.3 Å². The number of halogens is 3. The third-order valence-electron chi connectivity index (χ3n) is 0.243. The molecule has 0 spiro atoms. The van der Waals surface area contributed by atoms with E-state index in [0.717, 1.165) is 0 Å². The molecule has 0 atom stereocenters. The molecule has 0 aromatic heterocycles. The minimum absolute atomic E-state index is 0. The third-order valence-corrected chi connectivity index (χ3v) is 1.26. The van der Waals surface area contributed by atoms with Crippen LogP contribution in [-0.4, -0.2) is 13.2 Å². The van der Waals surface area contributed by atoms with Crippen LogP contribution in [0.1, 0.15) is 1.43 Å². The van der Waals surface area contributed by atoms with E-state index in [2.05, 4.69) is 47.8 Å². The molecule has 0 rings (SSSR count). The molecular formula is C2H2Br3LiO2. The fourth-order valence-corrected chi connectivity index (χ4v) is 0. The van der Waals surface area contributed by atoms with Gasteiger partial charge in [-0.1, -0.05) is 0 Å². The van der Waals surface area contributed by atoms with Crippen LogP contribution in [0.3, 0.4) is 0 Å². The topological polar surface area (TPSA) is 37.3 Å². The molecule has 0 aromatic carbocycles. The summed E-state index contributed by atoms with van der Waals surface area (Å²) in [6.07, 6.45) is 0. The molecule has 0 saturated heterocycles. The molecule has 0 heterocycles. The van der Waals surface area contributed by atoms with Gasteiger partial charge in [-0.25, -0.2) is 4.79 Å². The van der Waals surface area contributed by atoms with Crippen molar-refractivity contribution < 1.29 is 30.2 Å². The van der Waals surface area contributed by atoms with Crippen molar-refractivity contribution in [2.24, 2.45) is 0 Å². The molecular weight excluding hydrogens is 303 g/mol. The molecule has 0 aromatic rings. The molecule has 8 heavy (non-hydrogen) atoms. The van der Waals surface area contributed by atoms with Crippen molar-refractivity contribution in [3.63, 3.8) is 0 Å². The SMILES string of the molecule is O=C(O)C(Br)(Br)Br.[H-].[Li+]. The van der Waals surface area contributed by atoms with Gasteiger partial charge in [0.2, 0.25) is 2.14 Å². The second kappa shape index (κ2) is 4.34. The average molecular weight is 305 g/mol. The number of carboxylic acids is 1. The Morgan fingerprint density at radius 2 is 1.62 bits per heavy atom. The zero-order valence-electron chi connectivity index (χ0n) is 4.99. The first-order valence-electron chi connectivity index (χ1n) is 1.24. The standard InChI is InChI=1S/C2HBr3O2.Li.H/c3-2(4,5)1(6)7;;/h(H,6,7);;/q;+1;-1. The Kier molecular flexibility index (Phi) is 6.63. The molecule has 0 bridgehead atoms. The molecule has 0 aliphatic carbocycles. The van der Waals surface area contributed by atoms with Crippen molar-refractivity contribution in [3.8, 4) is 0 Å². The minimum atomic E-state index is -1.15. The Labute approximate surface area is 85.4 Å². The van der Waals surface area contributed by atoms with E-state index in [9.17, 15) is 4.79 Å². The second-order valence-corrected chi connectivity index (χ2v) is 7.56. The summed E-state index contributed by atoms with van der Waals surface area (Å²) in [5.74, 6) is -1.01. The van der Waals surface area contributed by atoms with Gasteiger partial charge in [-0.15, -0.1) is 0 Å². The molecule has 0 saturated carbocycles. The molecule has 2 nitrogen and oxygen atoms in total. The maximum absolute atomic E-state index is 9.88. The van der Waals surface area contributed by atoms with Gasteiger partial charge in [0, 0.05) is 0 Å². The summed E-state index contributed by atoms with van der Waals surface area (Å²) in [5.41, 5.74) is 0. The molecule has 0 fully saturated rings. The molecule has 6 heteroatoms. The molecule has 0 aliphatic heterocycles. The summed E-state index contributed by atoms with van der Waals surface area (Å²) in [7, 11) is 0. The van der Waals surface area contributed by atoms with E-state index in [0.29, 0.717) is 0 Å². The summed E-state index contributed by atoms with van der Waals surface area (Å²) in [6.45, 7) is 0. The quantitative estimate of drug-likeness (QED) is 0.462. The van der Waals surface area contributed by atoms with Crippen molar-refractivity contribution in [2.75, 3.05) is 0 Å². The Hall–Kier alpha value is 1.51. The van der Waals surface area contributed by atoms with Crippen molar-refractivity contribution in [2.45, 2.75) is 2.14 Å². The van der Waals surface area contributed by atoms with Gasteiger partial charge in [0.1, 0.15) is 0 Å². The largest absolute Gasteiger partial charge is 1.00 e. The van der Waals surface area contributed by atoms with Crippen LogP contribution < -0.4 is 18.9 Å². The summed E-state index contributed by atoms with van der Waals surface area (Å²) < 4.78 is -1.15. The molecule has 0 aliphatic rings. The van der Waals surface area contributed by atoms with E-state index in [1.807, 2.05) is 0 Å². The molecule has 44 valence electrons. The molecule has 0 amide bonds. The first-order valence-corrected chi connectivity index (χ1v) is 3.62. The predicted octanol–water partition coefficient (Wildman–Crippen LogP) is -0.974. The van der Waals surface area contributed by atoms with Crippen LogP contribution in [0.25, 0.3) is 0 Å². The van der Waals surface area contributed by atoms with Gasteiger partial charge in [0.05, 0.1) is 0 Å². The van der Waals surface area contributed by atoms with Crippen LogP contribution >= 0.6 is 47.8 Å². The van der Waals surface area contributed by atoms with Gasteiger partial charge >= 0.3 is 24.8 Å². The van der Waals surface area contributed by atoms with Gasteiger partial charge in [-0.3, -0.25) is 0 Å². The zero-order valence-corrected chi connectivity index (χ0v) is 8.75. The van der Waals surface area contributed by atoms with E-state index in [1.54, 1.807) is 0 Å². The monoisotopic (exact) mass is 302 g/mol. The maximum Gasteiger partial charge on any atom is 1.00 e. The molecule has 0 radical (unpaired) electrons. The minimum Gasteiger partial charge on any atom is -1.00 e. The molecule has 1 N–H and O–H groups in total. The molecule has 0 unspecified atom stereocenters. The predicted molar refractivity (Wildman–Crippen MR) is 38.3 cm³/mol. The van der Waals surface area contributed by atoms with E-state index in [4.69, 9.17) is 5.11 Å². The van der Waals surface area contributed by atoms with Crippen LogP contribution in [-0.2, 0) is 4.79 Å². The summed E-state index contributed by atoms with van der Waals surface area (Å²) in [5, 5.41) is 8.11. The van der Waals surface area contributed by atoms with Crippen LogP contribution in [0.15, 0.2) is 0 Å². The number of rotatable bonds is 0. The average Bonchev–Trinajstić information content (AvgIpc) is 1.31. The number of aliphatic carboxylic acids is 1. The van der Waals surface area contributed by atoms with Crippen LogP contribution in [0.2, 0.25) is 0 Å². The Bertz CT molecular complexity index is 92.3. The van der Waals surface area contributed by atoms with Crippen LogP contribution in [0, 0.1) is 0 Å². The van der Waals surface area contributed by atoms with Crippen molar-refractivity contribution in [3.05, 3.63) is 0 Å². The van der Waals surface area contributed by atoms with Crippen LogP contribution in [0.5, 0.6) is 0 Å². The second-order valence-electron chi connectivity index (χ2n) is 0.803. The van der Waals surface area contributed by atoms with Crippen molar-refractivity contribution in [1.82, 2.24) is 0 Å². The Morgan fingerprint density at radius 3 is 1.62 bits per heavy atom. The van der Waals surface area contributed by atoms with Crippen molar-refractivity contribution >= 4 is 53.8 Å². The number of hydrogen-bond donors (Lipinski definition) is 1. The first-order chi connectivity index (χ1) is 2.94. The fourth-order valence-electron chi connectivity index (χ4n) is 0. The van der Waals surface area contributed by atoms with Gasteiger partial charge in [-0.2, -0.15) is 0 Å². The van der Waals surface area contributed by atoms with Gasteiger partial charge in [0.15, 0.2) is 0 Å². The Morgan fingerprint density at radius 1 is 1.50 bits per heavy atom.